The highest BCUT2D eigenvalue weighted by molar-refractivity contribution is 7.91. The molecule has 1 aliphatic carbocycles. The van der Waals surface area contributed by atoms with Crippen molar-refractivity contribution in [1.29, 1.82) is 0 Å². The average molecular weight is 372 g/mol. The normalized spacial score (nSPS) is 18.7. The van der Waals surface area contributed by atoms with E-state index in [1.165, 1.54) is 9.21 Å². The molecule has 0 radical (unpaired) electrons. The number of carbonyl (C=O) groups excluding carboxylic acids is 1. The SMILES string of the molecule is O=C(O)CN(C(=O)Cc1ccc(S(=O)(=O)N2CCCC2)s1)C1CC1. The molecule has 1 saturated heterocycles. The Morgan fingerprint density at radius 2 is 1.92 bits per heavy atom. The number of nitrogens with zero attached hydrogens (tertiary/aromatic N) is 2. The molecule has 1 aromatic heterocycles. The third kappa shape index (κ3) is 3.79. The topological polar surface area (TPSA) is 95.0 Å². The van der Waals surface area contributed by atoms with Crippen LogP contribution in [0.2, 0.25) is 0 Å². The fraction of sp³-hybridized carbons (Fsp3) is 0.600. The molecular weight excluding hydrogens is 352 g/mol. The van der Waals surface area contributed by atoms with E-state index in [9.17, 15) is 18.0 Å². The third-order valence-corrected chi connectivity index (χ3v) is 7.69. The first kappa shape index (κ1) is 17.4. The maximum absolute atomic E-state index is 12.5. The summed E-state index contributed by atoms with van der Waals surface area (Å²) in [6, 6.07) is 3.21. The summed E-state index contributed by atoms with van der Waals surface area (Å²) in [6.07, 6.45) is 3.46. The van der Waals surface area contributed by atoms with Gasteiger partial charge in [0.2, 0.25) is 5.91 Å². The third-order valence-electron chi connectivity index (χ3n) is 4.24. The number of sulfonamides is 1. The van der Waals surface area contributed by atoms with Crippen LogP contribution in [0.15, 0.2) is 16.3 Å². The fourth-order valence-corrected chi connectivity index (χ4v) is 5.87. The first-order chi connectivity index (χ1) is 11.4. The van der Waals surface area contributed by atoms with Crippen molar-refractivity contribution in [3.05, 3.63) is 17.0 Å². The molecule has 0 spiro atoms. The van der Waals surface area contributed by atoms with Gasteiger partial charge in [0.1, 0.15) is 10.8 Å². The zero-order chi connectivity index (χ0) is 17.3. The minimum absolute atomic E-state index is 0.0152. The lowest BCUT2D eigenvalue weighted by Gasteiger charge is -2.19. The van der Waals surface area contributed by atoms with E-state index in [0.717, 1.165) is 37.0 Å². The number of carbonyl (C=O) groups is 2. The average Bonchev–Trinajstić information content (AvgIpc) is 3.02. The Bertz CT molecular complexity index is 733. The van der Waals surface area contributed by atoms with Crippen molar-refractivity contribution >= 4 is 33.2 Å². The van der Waals surface area contributed by atoms with Crippen LogP contribution in [0.5, 0.6) is 0 Å². The molecule has 1 saturated carbocycles. The van der Waals surface area contributed by atoms with Crippen LogP contribution in [0.25, 0.3) is 0 Å². The van der Waals surface area contributed by atoms with E-state index in [-0.39, 0.29) is 29.1 Å². The Hall–Kier alpha value is -1.45. The Kier molecular flexibility index (Phi) is 4.93. The van der Waals surface area contributed by atoms with Crippen molar-refractivity contribution in [3.8, 4) is 0 Å². The van der Waals surface area contributed by atoms with Gasteiger partial charge in [0.15, 0.2) is 0 Å². The van der Waals surface area contributed by atoms with E-state index in [4.69, 9.17) is 5.11 Å². The zero-order valence-electron chi connectivity index (χ0n) is 13.2. The smallest absolute Gasteiger partial charge is 0.323 e. The summed E-state index contributed by atoms with van der Waals surface area (Å²) in [5.41, 5.74) is 0. The van der Waals surface area contributed by atoms with Gasteiger partial charge in [-0.05, 0) is 37.8 Å². The quantitative estimate of drug-likeness (QED) is 0.775. The van der Waals surface area contributed by atoms with E-state index >= 15 is 0 Å². The highest BCUT2D eigenvalue weighted by Gasteiger charge is 2.34. The molecule has 9 heteroatoms. The van der Waals surface area contributed by atoms with Gasteiger partial charge < -0.3 is 10.0 Å². The molecule has 1 aliphatic heterocycles. The largest absolute Gasteiger partial charge is 0.480 e. The highest BCUT2D eigenvalue weighted by Crippen LogP contribution is 2.30. The van der Waals surface area contributed by atoms with Gasteiger partial charge in [-0.2, -0.15) is 4.31 Å². The number of amides is 1. The molecule has 3 rings (SSSR count). The molecule has 0 unspecified atom stereocenters. The molecule has 0 bridgehead atoms. The molecule has 2 fully saturated rings. The number of carboxylic acids is 1. The van der Waals surface area contributed by atoms with Gasteiger partial charge in [0, 0.05) is 24.0 Å². The standard InChI is InChI=1S/C15H20N2O5S2/c18-13(17(10-14(19)20)11-3-4-11)9-12-5-6-15(23-12)24(21,22)16-7-1-2-8-16/h5-6,11H,1-4,7-10H2,(H,19,20). The Morgan fingerprint density at radius 3 is 2.50 bits per heavy atom. The van der Waals surface area contributed by atoms with Gasteiger partial charge in [-0.15, -0.1) is 11.3 Å². The minimum Gasteiger partial charge on any atom is -0.480 e. The summed E-state index contributed by atoms with van der Waals surface area (Å²) in [5.74, 6) is -1.29. The summed E-state index contributed by atoms with van der Waals surface area (Å²) in [7, 11) is -3.46. The minimum atomic E-state index is -3.46. The van der Waals surface area contributed by atoms with Crippen LogP contribution < -0.4 is 0 Å². The lowest BCUT2D eigenvalue weighted by molar-refractivity contribution is -0.144. The maximum Gasteiger partial charge on any atom is 0.323 e. The number of aliphatic carboxylic acids is 1. The molecule has 1 amide bonds. The molecule has 7 nitrogen and oxygen atoms in total. The molecule has 2 heterocycles. The Labute approximate surface area is 144 Å². The number of hydrogen-bond donors (Lipinski definition) is 1. The molecule has 2 aliphatic rings. The van der Waals surface area contributed by atoms with Crippen molar-refractivity contribution in [2.24, 2.45) is 0 Å². The Balaban J connectivity index is 1.69. The van der Waals surface area contributed by atoms with Crippen molar-refractivity contribution in [2.45, 2.75) is 42.4 Å². The summed E-state index contributed by atoms with van der Waals surface area (Å²) < 4.78 is 26.7. The molecule has 1 N–H and O–H groups in total. The number of hydrogen-bond acceptors (Lipinski definition) is 5. The van der Waals surface area contributed by atoms with Crippen LogP contribution in [0.3, 0.4) is 0 Å². The van der Waals surface area contributed by atoms with Crippen LogP contribution in [0, 0.1) is 0 Å². The van der Waals surface area contributed by atoms with Crippen LogP contribution in [0.1, 0.15) is 30.6 Å². The summed E-state index contributed by atoms with van der Waals surface area (Å²) >= 11 is 1.10. The van der Waals surface area contributed by atoms with Crippen LogP contribution >= 0.6 is 11.3 Å². The first-order valence-corrected chi connectivity index (χ1v) is 10.2. The summed E-state index contributed by atoms with van der Waals surface area (Å²) in [5, 5.41) is 8.93. The molecule has 0 aromatic carbocycles. The number of rotatable bonds is 7. The lowest BCUT2D eigenvalue weighted by Crippen LogP contribution is -2.38. The van der Waals surface area contributed by atoms with Crippen LogP contribution in [-0.4, -0.2) is 60.3 Å². The van der Waals surface area contributed by atoms with E-state index in [2.05, 4.69) is 0 Å². The monoisotopic (exact) mass is 372 g/mol. The van der Waals surface area contributed by atoms with Gasteiger partial charge in [0.05, 0.1) is 6.42 Å². The van der Waals surface area contributed by atoms with Crippen molar-refractivity contribution in [2.75, 3.05) is 19.6 Å². The maximum atomic E-state index is 12.5. The van der Waals surface area contributed by atoms with Crippen LogP contribution in [-0.2, 0) is 26.0 Å². The van der Waals surface area contributed by atoms with Crippen LogP contribution in [0.4, 0.5) is 0 Å². The zero-order valence-corrected chi connectivity index (χ0v) is 14.8. The first-order valence-electron chi connectivity index (χ1n) is 7.98. The molecular formula is C15H20N2O5S2. The van der Waals surface area contributed by atoms with Gasteiger partial charge in [-0.3, -0.25) is 9.59 Å². The second-order valence-electron chi connectivity index (χ2n) is 6.16. The predicted molar refractivity (Wildman–Crippen MR) is 88.4 cm³/mol. The van der Waals surface area contributed by atoms with E-state index in [1.807, 2.05) is 0 Å². The molecule has 1 aromatic rings. The van der Waals surface area contributed by atoms with Crippen molar-refractivity contribution in [1.82, 2.24) is 9.21 Å². The van der Waals surface area contributed by atoms with Gasteiger partial charge in [0.25, 0.3) is 10.0 Å². The van der Waals surface area contributed by atoms with E-state index in [0.29, 0.717) is 18.0 Å². The number of thiophene rings is 1. The molecule has 24 heavy (non-hydrogen) atoms. The van der Waals surface area contributed by atoms with Gasteiger partial charge in [-0.1, -0.05) is 0 Å². The summed E-state index contributed by atoms with van der Waals surface area (Å²) in [6.45, 7) is 0.791. The second kappa shape index (κ2) is 6.81. The predicted octanol–water partition coefficient (Wildman–Crippen LogP) is 1.15. The van der Waals surface area contributed by atoms with Crippen molar-refractivity contribution in [3.63, 3.8) is 0 Å². The molecule has 132 valence electrons. The summed E-state index contributed by atoms with van der Waals surface area (Å²) in [4.78, 5) is 25.3. The number of carboxylic acid groups (broad SMARTS) is 1. The Morgan fingerprint density at radius 1 is 1.25 bits per heavy atom. The molecule has 0 atom stereocenters. The fourth-order valence-electron chi connectivity index (χ4n) is 2.85. The highest BCUT2D eigenvalue weighted by atomic mass is 32.2. The second-order valence-corrected chi connectivity index (χ2v) is 9.49. The lowest BCUT2D eigenvalue weighted by atomic mass is 10.3. The van der Waals surface area contributed by atoms with Crippen molar-refractivity contribution < 1.29 is 23.1 Å². The van der Waals surface area contributed by atoms with Gasteiger partial charge in [-0.25, -0.2) is 8.42 Å². The van der Waals surface area contributed by atoms with E-state index in [1.54, 1.807) is 12.1 Å². The van der Waals surface area contributed by atoms with E-state index < -0.39 is 16.0 Å². The van der Waals surface area contributed by atoms with Gasteiger partial charge >= 0.3 is 5.97 Å².